The number of nitrogens with zero attached hydrogens (tertiary/aromatic N) is 1. The van der Waals surface area contributed by atoms with Gasteiger partial charge in [0.1, 0.15) is 0 Å². The van der Waals surface area contributed by atoms with Crippen molar-refractivity contribution >= 4 is 0 Å². The summed E-state index contributed by atoms with van der Waals surface area (Å²) in [5.41, 5.74) is 0.109. The van der Waals surface area contributed by atoms with Crippen molar-refractivity contribution in [1.29, 1.82) is 0 Å². The van der Waals surface area contributed by atoms with Crippen LogP contribution in [0.4, 0.5) is 0 Å². The molecule has 2 rings (SSSR count). The molecule has 3 nitrogen and oxygen atoms in total. The Morgan fingerprint density at radius 2 is 2.36 bits per heavy atom. The Balaban J connectivity index is 2.12. The molecule has 0 aromatic carbocycles. The molecule has 0 aromatic rings. The number of fused-ring (bicyclic) bond motifs is 1. The van der Waals surface area contributed by atoms with E-state index in [0.29, 0.717) is 6.61 Å². The molecule has 0 saturated carbocycles. The molecule has 2 saturated heterocycles. The highest BCUT2D eigenvalue weighted by Gasteiger charge is 2.41. The normalized spacial score (nSPS) is 39.0. The summed E-state index contributed by atoms with van der Waals surface area (Å²) in [7, 11) is 0. The molecule has 2 heterocycles. The van der Waals surface area contributed by atoms with Gasteiger partial charge in [0.15, 0.2) is 0 Å². The zero-order valence-electron chi connectivity index (χ0n) is 6.84. The lowest BCUT2D eigenvalue weighted by Crippen LogP contribution is -2.59. The Labute approximate surface area is 67.4 Å². The van der Waals surface area contributed by atoms with Gasteiger partial charge in [0, 0.05) is 19.6 Å². The maximum Gasteiger partial charge on any atom is 0.0627 e. The molecule has 2 N–H and O–H groups in total. The van der Waals surface area contributed by atoms with E-state index < -0.39 is 0 Å². The van der Waals surface area contributed by atoms with Crippen molar-refractivity contribution in [1.82, 2.24) is 10.2 Å². The highest BCUT2D eigenvalue weighted by atomic mass is 16.3. The van der Waals surface area contributed by atoms with Crippen molar-refractivity contribution in [2.24, 2.45) is 0 Å². The molecule has 2 fully saturated rings. The second kappa shape index (κ2) is 2.73. The van der Waals surface area contributed by atoms with Crippen LogP contribution in [0, 0.1) is 0 Å². The van der Waals surface area contributed by atoms with Crippen LogP contribution in [-0.4, -0.2) is 48.3 Å². The van der Waals surface area contributed by atoms with Gasteiger partial charge in [0.05, 0.1) is 12.1 Å². The fraction of sp³-hybridized carbons (Fsp3) is 1.00. The van der Waals surface area contributed by atoms with Crippen molar-refractivity contribution in [2.45, 2.75) is 18.4 Å². The zero-order valence-corrected chi connectivity index (χ0v) is 6.84. The Morgan fingerprint density at radius 3 is 3.09 bits per heavy atom. The number of nitrogens with one attached hydrogen (secondary N) is 1. The smallest absolute Gasteiger partial charge is 0.0627 e. The van der Waals surface area contributed by atoms with Gasteiger partial charge < -0.3 is 10.4 Å². The Bertz CT molecular complexity index is 151. The van der Waals surface area contributed by atoms with Crippen LogP contribution in [0.2, 0.25) is 0 Å². The molecular formula is C8H16N2O. The van der Waals surface area contributed by atoms with Crippen LogP contribution < -0.4 is 5.32 Å². The van der Waals surface area contributed by atoms with E-state index in [9.17, 15) is 5.11 Å². The van der Waals surface area contributed by atoms with E-state index in [0.717, 1.165) is 26.1 Å². The first-order chi connectivity index (χ1) is 5.37. The molecule has 2 aliphatic heterocycles. The van der Waals surface area contributed by atoms with Gasteiger partial charge in [-0.05, 0) is 19.4 Å². The van der Waals surface area contributed by atoms with Crippen molar-refractivity contribution < 1.29 is 5.11 Å². The number of hydrogen-bond donors (Lipinski definition) is 2. The zero-order chi connectivity index (χ0) is 7.73. The largest absolute Gasteiger partial charge is 0.394 e. The highest BCUT2D eigenvalue weighted by Crippen LogP contribution is 2.29. The summed E-state index contributed by atoms with van der Waals surface area (Å²) in [4.78, 5) is 2.43. The molecule has 0 amide bonds. The molecule has 2 aliphatic rings. The molecule has 0 aromatic heterocycles. The average molecular weight is 156 g/mol. The summed E-state index contributed by atoms with van der Waals surface area (Å²) < 4.78 is 0. The van der Waals surface area contributed by atoms with Gasteiger partial charge in [-0.25, -0.2) is 0 Å². The van der Waals surface area contributed by atoms with Crippen LogP contribution >= 0.6 is 0 Å². The predicted octanol–water partition coefficient (Wildman–Crippen LogP) is -0.583. The SMILES string of the molecule is OC[C@@]12CCCN1CCNC2. The van der Waals surface area contributed by atoms with Crippen LogP contribution in [0.1, 0.15) is 12.8 Å². The summed E-state index contributed by atoms with van der Waals surface area (Å²) in [6, 6.07) is 0. The van der Waals surface area contributed by atoms with Crippen molar-refractivity contribution in [3.05, 3.63) is 0 Å². The van der Waals surface area contributed by atoms with Crippen LogP contribution in [-0.2, 0) is 0 Å². The number of aliphatic hydroxyl groups excluding tert-OH is 1. The molecule has 0 radical (unpaired) electrons. The second-order valence-corrected chi connectivity index (χ2v) is 3.65. The van der Waals surface area contributed by atoms with Crippen LogP contribution in [0.3, 0.4) is 0 Å². The summed E-state index contributed by atoms with van der Waals surface area (Å²) in [6.45, 7) is 4.67. The van der Waals surface area contributed by atoms with Gasteiger partial charge >= 0.3 is 0 Å². The third-order valence-electron chi connectivity index (χ3n) is 3.05. The summed E-state index contributed by atoms with van der Waals surface area (Å²) in [5.74, 6) is 0. The lowest BCUT2D eigenvalue weighted by Gasteiger charge is -2.41. The minimum atomic E-state index is 0.109. The van der Waals surface area contributed by atoms with Crippen molar-refractivity contribution in [3.8, 4) is 0 Å². The molecule has 1 atom stereocenters. The van der Waals surface area contributed by atoms with E-state index in [4.69, 9.17) is 0 Å². The summed E-state index contributed by atoms with van der Waals surface area (Å²) in [6.07, 6.45) is 2.42. The molecule has 0 bridgehead atoms. The Morgan fingerprint density at radius 1 is 1.45 bits per heavy atom. The first kappa shape index (κ1) is 7.53. The maximum absolute atomic E-state index is 9.27. The van der Waals surface area contributed by atoms with Crippen molar-refractivity contribution in [2.75, 3.05) is 32.8 Å². The van der Waals surface area contributed by atoms with Crippen LogP contribution in [0.25, 0.3) is 0 Å². The number of hydrogen-bond acceptors (Lipinski definition) is 3. The third kappa shape index (κ3) is 1.08. The van der Waals surface area contributed by atoms with E-state index in [1.165, 1.54) is 13.0 Å². The van der Waals surface area contributed by atoms with E-state index in [1.54, 1.807) is 0 Å². The van der Waals surface area contributed by atoms with Gasteiger partial charge in [-0.2, -0.15) is 0 Å². The van der Waals surface area contributed by atoms with Crippen molar-refractivity contribution in [3.63, 3.8) is 0 Å². The molecule has 0 unspecified atom stereocenters. The topological polar surface area (TPSA) is 35.5 Å². The summed E-state index contributed by atoms with van der Waals surface area (Å²) in [5, 5.41) is 12.6. The fourth-order valence-electron chi connectivity index (χ4n) is 2.31. The minimum absolute atomic E-state index is 0.109. The van der Waals surface area contributed by atoms with Crippen LogP contribution in [0.15, 0.2) is 0 Å². The molecule has 64 valence electrons. The van der Waals surface area contributed by atoms with Gasteiger partial charge in [-0.15, -0.1) is 0 Å². The monoisotopic (exact) mass is 156 g/mol. The minimum Gasteiger partial charge on any atom is -0.394 e. The number of piperazine rings is 1. The van der Waals surface area contributed by atoms with E-state index >= 15 is 0 Å². The lowest BCUT2D eigenvalue weighted by molar-refractivity contribution is 0.0443. The standard InChI is InChI=1S/C8H16N2O/c11-7-8-2-1-4-10(8)5-3-9-6-8/h9,11H,1-7H2/t8-/m0/s1. The van der Waals surface area contributed by atoms with E-state index in [1.807, 2.05) is 0 Å². The first-order valence-electron chi connectivity index (χ1n) is 4.44. The van der Waals surface area contributed by atoms with Gasteiger partial charge in [-0.1, -0.05) is 0 Å². The maximum atomic E-state index is 9.27. The van der Waals surface area contributed by atoms with Gasteiger partial charge in [-0.3, -0.25) is 4.90 Å². The molecular weight excluding hydrogens is 140 g/mol. The lowest BCUT2D eigenvalue weighted by atomic mass is 9.95. The average Bonchev–Trinajstić information content (AvgIpc) is 2.48. The molecule has 0 spiro atoms. The third-order valence-corrected chi connectivity index (χ3v) is 3.05. The second-order valence-electron chi connectivity index (χ2n) is 3.65. The molecule has 11 heavy (non-hydrogen) atoms. The van der Waals surface area contributed by atoms with Gasteiger partial charge in [0.25, 0.3) is 0 Å². The molecule has 0 aliphatic carbocycles. The Hall–Kier alpha value is -0.120. The van der Waals surface area contributed by atoms with E-state index in [2.05, 4.69) is 10.2 Å². The van der Waals surface area contributed by atoms with Crippen LogP contribution in [0.5, 0.6) is 0 Å². The number of aliphatic hydroxyl groups is 1. The fourth-order valence-corrected chi connectivity index (χ4v) is 2.31. The predicted molar refractivity (Wildman–Crippen MR) is 43.5 cm³/mol. The molecule has 3 heteroatoms. The van der Waals surface area contributed by atoms with Gasteiger partial charge in [0.2, 0.25) is 0 Å². The number of rotatable bonds is 1. The first-order valence-corrected chi connectivity index (χ1v) is 4.44. The quantitative estimate of drug-likeness (QED) is 0.533. The summed E-state index contributed by atoms with van der Waals surface area (Å²) >= 11 is 0. The Kier molecular flexibility index (Phi) is 1.87. The highest BCUT2D eigenvalue weighted by molar-refractivity contribution is 4.99. The van der Waals surface area contributed by atoms with E-state index in [-0.39, 0.29) is 5.54 Å².